The Morgan fingerprint density at radius 2 is 1.94 bits per heavy atom. The van der Waals surface area contributed by atoms with Crippen LogP contribution in [0.5, 0.6) is 0 Å². The summed E-state index contributed by atoms with van der Waals surface area (Å²) in [6.45, 7) is 1.94. The summed E-state index contributed by atoms with van der Waals surface area (Å²) < 4.78 is 0. The molecule has 1 aromatic rings. The third kappa shape index (κ3) is 2.76. The molecule has 0 spiro atoms. The molecule has 1 saturated carbocycles. The zero-order valence-electron chi connectivity index (χ0n) is 10.2. The predicted octanol–water partition coefficient (Wildman–Crippen LogP) is 2.42. The van der Waals surface area contributed by atoms with Crippen LogP contribution in [0.2, 0.25) is 0 Å². The molecule has 1 aliphatic carbocycles. The zero-order valence-corrected chi connectivity index (χ0v) is 10.2. The third-order valence-electron chi connectivity index (χ3n) is 3.57. The summed E-state index contributed by atoms with van der Waals surface area (Å²) in [4.78, 5) is 2.37. The lowest BCUT2D eigenvalue weighted by molar-refractivity contribution is 0.321. The number of benzene rings is 1. The van der Waals surface area contributed by atoms with E-state index in [0.29, 0.717) is 0 Å². The maximum atomic E-state index is 5.54. The fourth-order valence-electron chi connectivity index (χ4n) is 2.25. The molecule has 2 N–H and O–H groups in total. The van der Waals surface area contributed by atoms with Crippen molar-refractivity contribution in [3.63, 3.8) is 0 Å². The molecule has 2 heteroatoms. The summed E-state index contributed by atoms with van der Waals surface area (Å²) in [5.74, 6) is 0.925. The molecule has 0 unspecified atom stereocenters. The highest BCUT2D eigenvalue weighted by molar-refractivity contribution is 5.47. The molecule has 0 atom stereocenters. The van der Waals surface area contributed by atoms with Gasteiger partial charge in [0.2, 0.25) is 0 Å². The summed E-state index contributed by atoms with van der Waals surface area (Å²) >= 11 is 0. The number of hydrogen-bond acceptors (Lipinski definition) is 2. The first kappa shape index (κ1) is 11.5. The largest absolute Gasteiger partial charge is 0.374 e. The second-order valence-corrected chi connectivity index (χ2v) is 4.88. The molecule has 1 aromatic carbocycles. The Balaban J connectivity index is 1.91. The summed E-state index contributed by atoms with van der Waals surface area (Å²) in [5, 5.41) is 0. The van der Waals surface area contributed by atoms with Crippen molar-refractivity contribution in [2.45, 2.75) is 25.7 Å². The summed E-state index contributed by atoms with van der Waals surface area (Å²) in [6, 6.07) is 8.81. The molecular weight excluding hydrogens is 196 g/mol. The fourth-order valence-corrected chi connectivity index (χ4v) is 2.25. The minimum absolute atomic E-state index is 0.733. The van der Waals surface area contributed by atoms with Gasteiger partial charge in [-0.15, -0.1) is 0 Å². The van der Waals surface area contributed by atoms with Gasteiger partial charge in [0, 0.05) is 19.3 Å². The van der Waals surface area contributed by atoms with Gasteiger partial charge < -0.3 is 10.6 Å². The molecule has 2 rings (SSSR count). The van der Waals surface area contributed by atoms with Gasteiger partial charge in [-0.1, -0.05) is 18.6 Å². The highest BCUT2D eigenvalue weighted by Gasteiger charge is 2.19. The Kier molecular flexibility index (Phi) is 3.83. The van der Waals surface area contributed by atoms with Crippen LogP contribution < -0.4 is 10.6 Å². The van der Waals surface area contributed by atoms with Crippen molar-refractivity contribution in [3.05, 3.63) is 29.8 Å². The molecule has 0 heterocycles. The monoisotopic (exact) mass is 218 g/mol. The average molecular weight is 218 g/mol. The topological polar surface area (TPSA) is 29.3 Å². The van der Waals surface area contributed by atoms with Crippen LogP contribution in [0.3, 0.4) is 0 Å². The van der Waals surface area contributed by atoms with Crippen LogP contribution in [0, 0.1) is 5.92 Å². The summed E-state index contributed by atoms with van der Waals surface area (Å²) in [7, 11) is 2.19. The minimum Gasteiger partial charge on any atom is -0.374 e. The molecule has 0 aliphatic heterocycles. The van der Waals surface area contributed by atoms with Gasteiger partial charge >= 0.3 is 0 Å². The van der Waals surface area contributed by atoms with Gasteiger partial charge in [-0.05, 0) is 49.4 Å². The zero-order chi connectivity index (χ0) is 11.4. The second-order valence-electron chi connectivity index (χ2n) is 4.88. The Bertz CT molecular complexity index is 314. The maximum Gasteiger partial charge on any atom is 0.0363 e. The van der Waals surface area contributed by atoms with Gasteiger partial charge in [0.05, 0.1) is 0 Å². The fraction of sp³-hybridized carbons (Fsp3) is 0.571. The van der Waals surface area contributed by atoms with Crippen molar-refractivity contribution in [1.82, 2.24) is 0 Å². The van der Waals surface area contributed by atoms with Crippen molar-refractivity contribution in [2.24, 2.45) is 11.7 Å². The van der Waals surface area contributed by atoms with E-state index in [-0.39, 0.29) is 0 Å². The van der Waals surface area contributed by atoms with Crippen molar-refractivity contribution in [2.75, 3.05) is 25.0 Å². The molecule has 16 heavy (non-hydrogen) atoms. The van der Waals surface area contributed by atoms with E-state index in [9.17, 15) is 0 Å². The lowest BCUT2D eigenvalue weighted by Crippen LogP contribution is -2.29. The lowest BCUT2D eigenvalue weighted by atomic mass is 9.85. The van der Waals surface area contributed by atoms with Gasteiger partial charge in [-0.3, -0.25) is 0 Å². The SMILES string of the molecule is CN(CC1CCC1)c1ccc(CCN)cc1. The Labute approximate surface area is 98.4 Å². The molecule has 0 bridgehead atoms. The number of nitrogens with two attached hydrogens (primary N) is 1. The Hall–Kier alpha value is -1.02. The molecule has 1 fully saturated rings. The van der Waals surface area contributed by atoms with E-state index in [2.05, 4.69) is 36.2 Å². The third-order valence-corrected chi connectivity index (χ3v) is 3.57. The van der Waals surface area contributed by atoms with Crippen molar-refractivity contribution in [3.8, 4) is 0 Å². The van der Waals surface area contributed by atoms with Gasteiger partial charge in [0.1, 0.15) is 0 Å². The molecule has 0 aromatic heterocycles. The van der Waals surface area contributed by atoms with E-state index in [1.165, 1.54) is 37.1 Å². The summed E-state index contributed by atoms with van der Waals surface area (Å²) in [5.41, 5.74) is 8.20. The normalized spacial score (nSPS) is 15.9. The number of rotatable bonds is 5. The van der Waals surface area contributed by atoms with E-state index in [1.807, 2.05) is 0 Å². The molecule has 1 aliphatic rings. The predicted molar refractivity (Wildman–Crippen MR) is 69.8 cm³/mol. The van der Waals surface area contributed by atoms with Crippen molar-refractivity contribution < 1.29 is 0 Å². The lowest BCUT2D eigenvalue weighted by Gasteiger charge is -2.31. The smallest absolute Gasteiger partial charge is 0.0363 e. The van der Waals surface area contributed by atoms with Crippen LogP contribution in [0.15, 0.2) is 24.3 Å². The van der Waals surface area contributed by atoms with Crippen molar-refractivity contribution in [1.29, 1.82) is 0 Å². The van der Waals surface area contributed by atoms with Crippen LogP contribution in [-0.2, 0) is 6.42 Å². The quantitative estimate of drug-likeness (QED) is 0.822. The first-order valence-corrected chi connectivity index (χ1v) is 6.29. The number of hydrogen-bond donors (Lipinski definition) is 1. The standard InChI is InChI=1S/C14H22N2/c1-16(11-13-3-2-4-13)14-7-5-12(6-8-14)9-10-15/h5-8,13H,2-4,9-11,15H2,1H3. The Morgan fingerprint density at radius 1 is 1.25 bits per heavy atom. The van der Waals surface area contributed by atoms with Crippen LogP contribution in [-0.4, -0.2) is 20.1 Å². The van der Waals surface area contributed by atoms with Crippen LogP contribution in [0.4, 0.5) is 5.69 Å². The van der Waals surface area contributed by atoms with Gasteiger partial charge in [-0.2, -0.15) is 0 Å². The highest BCUT2D eigenvalue weighted by Crippen LogP contribution is 2.28. The minimum atomic E-state index is 0.733. The highest BCUT2D eigenvalue weighted by atomic mass is 15.1. The van der Waals surface area contributed by atoms with Gasteiger partial charge in [0.25, 0.3) is 0 Å². The molecule has 0 amide bonds. The van der Waals surface area contributed by atoms with E-state index in [1.54, 1.807) is 0 Å². The van der Waals surface area contributed by atoms with Crippen molar-refractivity contribution >= 4 is 5.69 Å². The first-order chi connectivity index (χ1) is 7.79. The molecule has 2 nitrogen and oxygen atoms in total. The van der Waals surface area contributed by atoms with E-state index in [4.69, 9.17) is 5.73 Å². The van der Waals surface area contributed by atoms with Gasteiger partial charge in [0.15, 0.2) is 0 Å². The number of anilines is 1. The number of nitrogens with zero attached hydrogens (tertiary/aromatic N) is 1. The molecule has 88 valence electrons. The van der Waals surface area contributed by atoms with E-state index in [0.717, 1.165) is 18.9 Å². The van der Waals surface area contributed by atoms with E-state index >= 15 is 0 Å². The Morgan fingerprint density at radius 3 is 2.44 bits per heavy atom. The van der Waals surface area contributed by atoms with E-state index < -0.39 is 0 Å². The van der Waals surface area contributed by atoms with Crippen LogP contribution in [0.25, 0.3) is 0 Å². The molecular formula is C14H22N2. The first-order valence-electron chi connectivity index (χ1n) is 6.29. The van der Waals surface area contributed by atoms with Gasteiger partial charge in [-0.25, -0.2) is 0 Å². The molecule has 0 radical (unpaired) electrons. The average Bonchev–Trinajstić information content (AvgIpc) is 2.25. The van der Waals surface area contributed by atoms with Crippen LogP contribution >= 0.6 is 0 Å². The summed E-state index contributed by atoms with van der Waals surface area (Å²) in [6.07, 6.45) is 5.23. The second kappa shape index (κ2) is 5.35. The maximum absolute atomic E-state index is 5.54. The molecule has 0 saturated heterocycles. The van der Waals surface area contributed by atoms with Crippen LogP contribution in [0.1, 0.15) is 24.8 Å².